The molecule has 0 bridgehead atoms. The Kier molecular flexibility index (Phi) is 4.13. The molecule has 1 aliphatic rings. The highest BCUT2D eigenvalue weighted by molar-refractivity contribution is 5.87. The van der Waals surface area contributed by atoms with Crippen molar-refractivity contribution in [2.24, 2.45) is 0 Å². The van der Waals surface area contributed by atoms with E-state index in [1.165, 1.54) is 27.7 Å². The van der Waals surface area contributed by atoms with Gasteiger partial charge in [-0.1, -0.05) is 11.6 Å². The smallest absolute Gasteiger partial charge is 0.0970 e. The minimum atomic E-state index is -0.540. The molecule has 4 heteroatoms. The van der Waals surface area contributed by atoms with Gasteiger partial charge in [0.2, 0.25) is 0 Å². The summed E-state index contributed by atoms with van der Waals surface area (Å²) in [6.45, 7) is 8.35. The van der Waals surface area contributed by atoms with Gasteiger partial charge in [-0.25, -0.2) is 0 Å². The SMILES string of the molecule is Cc1ccc2c(c1)c1c(n2C[C@@H](O)c2ccncc2)CCN(C)C1(C)C. The lowest BCUT2D eigenvalue weighted by atomic mass is 9.85. The van der Waals surface area contributed by atoms with Crippen LogP contribution in [0, 0.1) is 6.92 Å². The molecule has 0 aliphatic carbocycles. The number of aliphatic hydroxyl groups is 1. The van der Waals surface area contributed by atoms with Crippen molar-refractivity contribution in [3.63, 3.8) is 0 Å². The average Bonchev–Trinajstić information content (AvgIpc) is 2.93. The van der Waals surface area contributed by atoms with Crippen LogP contribution in [0.3, 0.4) is 0 Å². The lowest BCUT2D eigenvalue weighted by Gasteiger charge is -2.41. The molecule has 0 radical (unpaired) electrons. The van der Waals surface area contributed by atoms with Crippen LogP contribution in [0.5, 0.6) is 0 Å². The lowest BCUT2D eigenvalue weighted by Crippen LogP contribution is -2.44. The van der Waals surface area contributed by atoms with Crippen LogP contribution in [0.25, 0.3) is 10.9 Å². The number of pyridine rings is 1. The number of nitrogens with zero attached hydrogens (tertiary/aromatic N) is 3. The third-order valence-corrected chi connectivity index (χ3v) is 6.02. The molecule has 2 aromatic heterocycles. The van der Waals surface area contributed by atoms with Crippen LogP contribution in [-0.2, 0) is 18.5 Å². The highest BCUT2D eigenvalue weighted by Gasteiger charge is 2.36. The van der Waals surface area contributed by atoms with Gasteiger partial charge in [-0.2, -0.15) is 0 Å². The Hall–Kier alpha value is -2.17. The Morgan fingerprint density at radius 3 is 2.65 bits per heavy atom. The summed E-state index contributed by atoms with van der Waals surface area (Å²) in [5, 5.41) is 12.1. The fraction of sp³-hybridized carbons (Fsp3) is 0.409. The zero-order valence-corrected chi connectivity index (χ0v) is 16.0. The number of hydrogen-bond acceptors (Lipinski definition) is 3. The predicted octanol–water partition coefficient (Wildman–Crippen LogP) is 3.80. The summed E-state index contributed by atoms with van der Waals surface area (Å²) in [6, 6.07) is 10.5. The quantitative estimate of drug-likeness (QED) is 0.782. The first-order valence-electron chi connectivity index (χ1n) is 9.31. The molecule has 4 nitrogen and oxygen atoms in total. The van der Waals surface area contributed by atoms with E-state index in [9.17, 15) is 5.11 Å². The number of fused-ring (bicyclic) bond motifs is 3. The molecule has 26 heavy (non-hydrogen) atoms. The minimum Gasteiger partial charge on any atom is -0.387 e. The van der Waals surface area contributed by atoms with E-state index in [1.807, 2.05) is 12.1 Å². The summed E-state index contributed by atoms with van der Waals surface area (Å²) < 4.78 is 2.34. The van der Waals surface area contributed by atoms with Crippen molar-refractivity contribution in [2.75, 3.05) is 13.6 Å². The Labute approximate surface area is 155 Å². The van der Waals surface area contributed by atoms with E-state index in [4.69, 9.17) is 0 Å². The van der Waals surface area contributed by atoms with E-state index in [1.54, 1.807) is 12.4 Å². The third-order valence-electron chi connectivity index (χ3n) is 6.02. The normalized spacial score (nSPS) is 18.0. The highest BCUT2D eigenvalue weighted by atomic mass is 16.3. The molecule has 3 heterocycles. The van der Waals surface area contributed by atoms with Gasteiger partial charge in [-0.3, -0.25) is 9.88 Å². The van der Waals surface area contributed by atoms with Gasteiger partial charge in [0, 0.05) is 53.1 Å². The van der Waals surface area contributed by atoms with Gasteiger partial charge in [-0.15, -0.1) is 0 Å². The molecule has 0 spiro atoms. The summed E-state index contributed by atoms with van der Waals surface area (Å²) in [5.74, 6) is 0. The Morgan fingerprint density at radius 2 is 1.92 bits per heavy atom. The van der Waals surface area contributed by atoms with Crippen LogP contribution < -0.4 is 0 Å². The maximum absolute atomic E-state index is 10.8. The Morgan fingerprint density at radius 1 is 1.19 bits per heavy atom. The molecule has 0 fully saturated rings. The predicted molar refractivity (Wildman–Crippen MR) is 105 cm³/mol. The molecular weight excluding hydrogens is 322 g/mol. The monoisotopic (exact) mass is 349 g/mol. The minimum absolute atomic E-state index is 0.0213. The largest absolute Gasteiger partial charge is 0.387 e. The lowest BCUT2D eigenvalue weighted by molar-refractivity contribution is 0.136. The second-order valence-corrected chi connectivity index (χ2v) is 7.98. The molecular formula is C22H27N3O. The average molecular weight is 349 g/mol. The summed E-state index contributed by atoms with van der Waals surface area (Å²) in [7, 11) is 2.20. The molecule has 0 amide bonds. The van der Waals surface area contributed by atoms with Crippen molar-refractivity contribution in [3.05, 3.63) is 65.1 Å². The fourth-order valence-electron chi connectivity index (χ4n) is 4.28. The number of aliphatic hydroxyl groups excluding tert-OH is 1. The molecule has 4 rings (SSSR count). The van der Waals surface area contributed by atoms with Gasteiger partial charge in [0.25, 0.3) is 0 Å². The molecule has 0 unspecified atom stereocenters. The van der Waals surface area contributed by atoms with Gasteiger partial charge in [-0.05, 0) is 57.6 Å². The first-order chi connectivity index (χ1) is 12.4. The molecule has 136 valence electrons. The summed E-state index contributed by atoms with van der Waals surface area (Å²) in [6.07, 6.45) is 3.94. The second kappa shape index (κ2) is 6.22. The van der Waals surface area contributed by atoms with Gasteiger partial charge in [0.05, 0.1) is 12.6 Å². The topological polar surface area (TPSA) is 41.3 Å². The van der Waals surface area contributed by atoms with Gasteiger partial charge in [0.1, 0.15) is 0 Å². The third kappa shape index (κ3) is 2.65. The number of benzene rings is 1. The van der Waals surface area contributed by atoms with E-state index in [-0.39, 0.29) is 5.54 Å². The van der Waals surface area contributed by atoms with Crippen LogP contribution >= 0.6 is 0 Å². The van der Waals surface area contributed by atoms with Crippen molar-refractivity contribution < 1.29 is 5.11 Å². The number of likely N-dealkylation sites (N-methyl/N-ethyl adjacent to an activating group) is 1. The van der Waals surface area contributed by atoms with Crippen molar-refractivity contribution in [1.82, 2.24) is 14.5 Å². The van der Waals surface area contributed by atoms with E-state index in [0.29, 0.717) is 6.54 Å². The van der Waals surface area contributed by atoms with E-state index in [0.717, 1.165) is 18.5 Å². The second-order valence-electron chi connectivity index (χ2n) is 7.98. The Bertz CT molecular complexity index is 943. The highest BCUT2D eigenvalue weighted by Crippen LogP contribution is 2.41. The van der Waals surface area contributed by atoms with Crippen molar-refractivity contribution in [2.45, 2.75) is 45.4 Å². The molecule has 3 aromatic rings. The first-order valence-corrected chi connectivity index (χ1v) is 9.31. The summed E-state index contributed by atoms with van der Waals surface area (Å²) in [5.41, 5.74) is 6.16. The maximum atomic E-state index is 10.8. The molecule has 1 aliphatic heterocycles. The Balaban J connectivity index is 1.88. The van der Waals surface area contributed by atoms with Crippen molar-refractivity contribution in [3.8, 4) is 0 Å². The van der Waals surface area contributed by atoms with Crippen LogP contribution in [0.4, 0.5) is 0 Å². The summed E-state index contributed by atoms with van der Waals surface area (Å²) >= 11 is 0. The van der Waals surface area contributed by atoms with Crippen molar-refractivity contribution in [1.29, 1.82) is 0 Å². The van der Waals surface area contributed by atoms with Crippen LogP contribution in [0.15, 0.2) is 42.7 Å². The first kappa shape index (κ1) is 17.3. The van der Waals surface area contributed by atoms with E-state index in [2.05, 4.69) is 60.5 Å². The molecule has 0 saturated heterocycles. The summed E-state index contributed by atoms with van der Waals surface area (Å²) in [4.78, 5) is 6.49. The van der Waals surface area contributed by atoms with Gasteiger partial charge in [0.15, 0.2) is 0 Å². The van der Waals surface area contributed by atoms with E-state index < -0.39 is 6.10 Å². The maximum Gasteiger partial charge on any atom is 0.0970 e. The zero-order valence-electron chi connectivity index (χ0n) is 16.0. The van der Waals surface area contributed by atoms with Crippen molar-refractivity contribution >= 4 is 10.9 Å². The number of aryl methyl sites for hydroxylation is 1. The van der Waals surface area contributed by atoms with Crippen LogP contribution in [0.1, 0.15) is 42.3 Å². The molecule has 0 saturated carbocycles. The van der Waals surface area contributed by atoms with E-state index >= 15 is 0 Å². The molecule has 1 N–H and O–H groups in total. The molecule has 1 atom stereocenters. The van der Waals surface area contributed by atoms with Crippen LogP contribution in [0.2, 0.25) is 0 Å². The van der Waals surface area contributed by atoms with Crippen LogP contribution in [-0.4, -0.2) is 33.1 Å². The fourth-order valence-corrected chi connectivity index (χ4v) is 4.28. The number of rotatable bonds is 3. The van der Waals surface area contributed by atoms with Gasteiger partial charge >= 0.3 is 0 Å². The standard InChI is InChI=1S/C22H27N3O/c1-15-5-6-18-17(13-15)21-19(9-12-24(4)22(21,2)3)25(18)14-20(26)16-7-10-23-11-8-16/h5-8,10-11,13,20,26H,9,12,14H2,1-4H3/t20-/m1/s1. The number of aromatic nitrogens is 2. The number of hydrogen-bond donors (Lipinski definition) is 1. The molecule has 1 aromatic carbocycles. The zero-order chi connectivity index (χ0) is 18.5. The van der Waals surface area contributed by atoms with Gasteiger partial charge < -0.3 is 9.67 Å².